The van der Waals surface area contributed by atoms with Gasteiger partial charge in [-0.15, -0.1) is 6.58 Å². The normalized spacial score (nSPS) is 17.6. The summed E-state index contributed by atoms with van der Waals surface area (Å²) >= 11 is 0. The molecule has 1 atom stereocenters. The minimum Gasteiger partial charge on any atom is -0.496 e. The summed E-state index contributed by atoms with van der Waals surface area (Å²) < 4.78 is 11.4. The molecule has 4 heteroatoms. The van der Waals surface area contributed by atoms with Gasteiger partial charge in [0.25, 0.3) is 5.91 Å². The fourth-order valence-electron chi connectivity index (χ4n) is 3.41. The number of benzene rings is 2. The van der Waals surface area contributed by atoms with Crippen molar-refractivity contribution < 1.29 is 14.3 Å². The maximum atomic E-state index is 12.9. The van der Waals surface area contributed by atoms with E-state index in [4.69, 9.17) is 9.47 Å². The lowest BCUT2D eigenvalue weighted by molar-refractivity contribution is 0.0619. The number of ether oxygens (including phenoxy) is 2. The number of carbonyl (C=O) groups excluding carboxylic acids is 1. The Bertz CT molecular complexity index is 826. The van der Waals surface area contributed by atoms with Crippen LogP contribution < -0.4 is 14.8 Å². The highest BCUT2D eigenvalue weighted by Gasteiger charge is 2.34. The molecular formula is C22H25NO3. The van der Waals surface area contributed by atoms with Crippen LogP contribution in [0.5, 0.6) is 11.5 Å². The maximum Gasteiger partial charge on any atom is 0.251 e. The molecule has 26 heavy (non-hydrogen) atoms. The highest BCUT2D eigenvalue weighted by Crippen LogP contribution is 2.39. The molecule has 3 rings (SSSR count). The van der Waals surface area contributed by atoms with Gasteiger partial charge in [-0.05, 0) is 50.1 Å². The molecule has 0 spiro atoms. The second-order valence-electron chi connectivity index (χ2n) is 7.15. The van der Waals surface area contributed by atoms with E-state index in [0.717, 1.165) is 22.6 Å². The summed E-state index contributed by atoms with van der Waals surface area (Å²) in [5.74, 6) is 1.49. The molecule has 1 N–H and O–H groups in total. The number of carbonyl (C=O) groups is 1. The smallest absolute Gasteiger partial charge is 0.251 e. The van der Waals surface area contributed by atoms with Crippen LogP contribution in [0.3, 0.4) is 0 Å². The van der Waals surface area contributed by atoms with Crippen molar-refractivity contribution in [3.05, 3.63) is 71.8 Å². The van der Waals surface area contributed by atoms with Crippen molar-refractivity contribution in [3.63, 3.8) is 0 Å². The Labute approximate surface area is 154 Å². The van der Waals surface area contributed by atoms with Crippen molar-refractivity contribution in [2.75, 3.05) is 7.11 Å². The van der Waals surface area contributed by atoms with Crippen molar-refractivity contribution >= 4 is 5.91 Å². The first-order valence-corrected chi connectivity index (χ1v) is 8.80. The summed E-state index contributed by atoms with van der Waals surface area (Å²) in [6.45, 7) is 7.85. The number of methoxy groups -OCH3 is 1. The lowest BCUT2D eigenvalue weighted by Crippen LogP contribution is -2.41. The van der Waals surface area contributed by atoms with Gasteiger partial charge in [0.05, 0.1) is 13.2 Å². The van der Waals surface area contributed by atoms with Crippen LogP contribution in [0.2, 0.25) is 0 Å². The van der Waals surface area contributed by atoms with E-state index in [-0.39, 0.29) is 17.6 Å². The van der Waals surface area contributed by atoms with Gasteiger partial charge in [-0.3, -0.25) is 4.79 Å². The van der Waals surface area contributed by atoms with Crippen LogP contribution in [-0.2, 0) is 6.42 Å². The first-order valence-electron chi connectivity index (χ1n) is 8.80. The molecular weight excluding hydrogens is 326 g/mol. The fourth-order valence-corrected chi connectivity index (χ4v) is 3.41. The molecule has 4 nitrogen and oxygen atoms in total. The van der Waals surface area contributed by atoms with E-state index < -0.39 is 0 Å². The van der Waals surface area contributed by atoms with Crippen molar-refractivity contribution in [3.8, 4) is 11.5 Å². The third-order valence-corrected chi connectivity index (χ3v) is 4.59. The van der Waals surface area contributed by atoms with Crippen LogP contribution in [0.4, 0.5) is 0 Å². The Balaban J connectivity index is 1.86. The molecule has 2 aromatic carbocycles. The van der Waals surface area contributed by atoms with Crippen molar-refractivity contribution in [2.45, 2.75) is 38.3 Å². The van der Waals surface area contributed by atoms with Gasteiger partial charge < -0.3 is 14.8 Å². The molecule has 0 fully saturated rings. The van der Waals surface area contributed by atoms with Gasteiger partial charge in [0, 0.05) is 17.5 Å². The second kappa shape index (κ2) is 7.24. The topological polar surface area (TPSA) is 47.6 Å². The predicted octanol–water partition coefficient (Wildman–Crippen LogP) is 4.46. The van der Waals surface area contributed by atoms with Gasteiger partial charge >= 0.3 is 0 Å². The first-order chi connectivity index (χ1) is 12.4. The molecule has 0 bridgehead atoms. The third-order valence-electron chi connectivity index (χ3n) is 4.59. The monoisotopic (exact) mass is 351 g/mol. The minimum atomic E-state index is -0.333. The van der Waals surface area contributed by atoms with Gasteiger partial charge in [0.15, 0.2) is 0 Å². The average Bonchev–Trinajstić information content (AvgIpc) is 2.61. The number of nitrogens with one attached hydrogen (secondary N) is 1. The average molecular weight is 351 g/mol. The Kier molecular flexibility index (Phi) is 5.03. The van der Waals surface area contributed by atoms with Gasteiger partial charge in [0.1, 0.15) is 17.1 Å². The minimum absolute atomic E-state index is 0.0904. The van der Waals surface area contributed by atoms with E-state index in [0.29, 0.717) is 18.4 Å². The Morgan fingerprint density at radius 1 is 1.35 bits per heavy atom. The molecule has 2 aromatic rings. The Morgan fingerprint density at radius 3 is 2.85 bits per heavy atom. The van der Waals surface area contributed by atoms with Crippen LogP contribution in [0.1, 0.15) is 47.8 Å². The zero-order chi connectivity index (χ0) is 18.7. The molecule has 1 heterocycles. The Hall–Kier alpha value is -2.75. The van der Waals surface area contributed by atoms with E-state index in [9.17, 15) is 4.79 Å². The fraction of sp³-hybridized carbons (Fsp3) is 0.318. The summed E-state index contributed by atoms with van der Waals surface area (Å²) in [5, 5.41) is 3.17. The van der Waals surface area contributed by atoms with Gasteiger partial charge in [0.2, 0.25) is 0 Å². The third kappa shape index (κ3) is 3.74. The molecule has 1 aliphatic rings. The number of rotatable bonds is 5. The van der Waals surface area contributed by atoms with Crippen molar-refractivity contribution in [2.24, 2.45) is 0 Å². The van der Waals surface area contributed by atoms with Crippen LogP contribution >= 0.6 is 0 Å². The van der Waals surface area contributed by atoms with E-state index in [2.05, 4.69) is 11.9 Å². The lowest BCUT2D eigenvalue weighted by Gasteiger charge is -2.37. The summed E-state index contributed by atoms with van der Waals surface area (Å²) in [6.07, 6.45) is 3.17. The number of hydrogen-bond acceptors (Lipinski definition) is 3. The van der Waals surface area contributed by atoms with Gasteiger partial charge in [-0.2, -0.15) is 0 Å². The molecule has 0 aromatic heterocycles. The van der Waals surface area contributed by atoms with E-state index in [1.165, 1.54) is 0 Å². The Morgan fingerprint density at radius 2 is 2.12 bits per heavy atom. The number of fused-ring (bicyclic) bond motifs is 1. The SMILES string of the molecule is C=CCc1cc(C(=O)NC2CC(C)(C)Oc3ccccc32)ccc1OC. The van der Waals surface area contributed by atoms with Gasteiger partial charge in [-0.1, -0.05) is 24.3 Å². The molecule has 0 saturated carbocycles. The number of para-hydroxylation sites is 1. The zero-order valence-corrected chi connectivity index (χ0v) is 15.5. The van der Waals surface area contributed by atoms with Gasteiger partial charge in [-0.25, -0.2) is 0 Å². The summed E-state index contributed by atoms with van der Waals surface area (Å²) in [7, 11) is 1.63. The second-order valence-corrected chi connectivity index (χ2v) is 7.15. The number of hydrogen-bond donors (Lipinski definition) is 1. The van der Waals surface area contributed by atoms with Crippen molar-refractivity contribution in [1.29, 1.82) is 0 Å². The maximum absolute atomic E-state index is 12.9. The summed E-state index contributed by atoms with van der Waals surface area (Å²) in [6, 6.07) is 13.3. The van der Waals surface area contributed by atoms with Crippen LogP contribution in [0.15, 0.2) is 55.1 Å². The van der Waals surface area contributed by atoms with E-state index in [1.807, 2.05) is 50.2 Å². The molecule has 1 unspecified atom stereocenters. The quantitative estimate of drug-likeness (QED) is 0.809. The molecule has 1 aliphatic heterocycles. The van der Waals surface area contributed by atoms with E-state index >= 15 is 0 Å². The lowest BCUT2D eigenvalue weighted by atomic mass is 9.89. The summed E-state index contributed by atoms with van der Waals surface area (Å²) in [5.41, 5.74) is 2.24. The van der Waals surface area contributed by atoms with Crippen LogP contribution in [0.25, 0.3) is 0 Å². The van der Waals surface area contributed by atoms with Crippen LogP contribution in [-0.4, -0.2) is 18.6 Å². The largest absolute Gasteiger partial charge is 0.496 e. The molecule has 1 amide bonds. The number of allylic oxidation sites excluding steroid dienone is 1. The number of amides is 1. The van der Waals surface area contributed by atoms with Crippen LogP contribution in [0, 0.1) is 0 Å². The molecule has 0 radical (unpaired) electrons. The highest BCUT2D eigenvalue weighted by atomic mass is 16.5. The molecule has 136 valence electrons. The predicted molar refractivity (Wildman–Crippen MR) is 103 cm³/mol. The molecule has 0 saturated heterocycles. The molecule has 0 aliphatic carbocycles. The highest BCUT2D eigenvalue weighted by molar-refractivity contribution is 5.95. The van der Waals surface area contributed by atoms with Crippen molar-refractivity contribution in [1.82, 2.24) is 5.32 Å². The standard InChI is InChI=1S/C22H25NO3/c1-5-8-15-13-16(11-12-19(15)25-4)21(24)23-18-14-22(2,3)26-20-10-7-6-9-17(18)20/h5-7,9-13,18H,1,8,14H2,2-4H3,(H,23,24). The summed E-state index contributed by atoms with van der Waals surface area (Å²) in [4.78, 5) is 12.9. The zero-order valence-electron chi connectivity index (χ0n) is 15.5. The first kappa shape index (κ1) is 18.1. The van der Waals surface area contributed by atoms with E-state index in [1.54, 1.807) is 19.3 Å².